The summed E-state index contributed by atoms with van der Waals surface area (Å²) in [6, 6.07) is 80.1. The predicted molar refractivity (Wildman–Crippen MR) is 321 cm³/mol. The number of anilines is 6. The molecule has 0 atom stereocenters. The summed E-state index contributed by atoms with van der Waals surface area (Å²) >= 11 is 0. The molecule has 0 spiro atoms. The highest BCUT2D eigenvalue weighted by atomic mass is 19.2. The number of aromatic nitrogens is 2. The fourth-order valence-electron chi connectivity index (χ4n) is 11.5. The van der Waals surface area contributed by atoms with Crippen molar-refractivity contribution in [1.29, 1.82) is 0 Å². The Morgan fingerprint density at radius 2 is 0.549 bits per heavy atom. The monoisotopic (exact) mass is 1080 g/mol. The van der Waals surface area contributed by atoms with Gasteiger partial charge in [0.1, 0.15) is 34.9 Å². The number of benzene rings is 12. The average Bonchev–Trinajstić information content (AvgIpc) is 4.07. The molecule has 14 rings (SSSR count). The minimum Gasteiger partial charge on any atom is -0.310 e. The molecule has 0 N–H and O–H groups in total. The molecule has 0 bridgehead atoms. The van der Waals surface area contributed by atoms with Gasteiger partial charge in [0.05, 0.1) is 33.4 Å². The van der Waals surface area contributed by atoms with Crippen molar-refractivity contribution in [2.75, 3.05) is 9.80 Å². The van der Waals surface area contributed by atoms with Gasteiger partial charge in [-0.15, -0.1) is 0 Å². The molecule has 0 aliphatic rings. The van der Waals surface area contributed by atoms with Crippen LogP contribution in [0.4, 0.5) is 60.5 Å². The van der Waals surface area contributed by atoms with Crippen LogP contribution in [-0.4, -0.2) is 9.13 Å². The first-order chi connectivity index (χ1) is 40.1. The van der Waals surface area contributed by atoms with Gasteiger partial charge in [-0.05, 0) is 156 Å². The maximum atomic E-state index is 15.6. The van der Waals surface area contributed by atoms with Crippen molar-refractivity contribution in [3.8, 4) is 44.8 Å². The van der Waals surface area contributed by atoms with E-state index in [0.717, 1.165) is 112 Å². The van der Waals surface area contributed by atoms with Gasteiger partial charge in [0.25, 0.3) is 0 Å². The summed E-state index contributed by atoms with van der Waals surface area (Å²) in [5.74, 6) is -3.30. The van der Waals surface area contributed by atoms with Crippen LogP contribution in [0.3, 0.4) is 0 Å². The van der Waals surface area contributed by atoms with Gasteiger partial charge in [0.15, 0.2) is 0 Å². The quantitative estimate of drug-likeness (QED) is 0.120. The van der Waals surface area contributed by atoms with Crippen LogP contribution in [0.5, 0.6) is 0 Å². The van der Waals surface area contributed by atoms with Gasteiger partial charge < -0.3 is 18.9 Å². The number of hydrogen-bond donors (Lipinski definition) is 0. The van der Waals surface area contributed by atoms with E-state index in [4.69, 9.17) is 0 Å². The standard InChI is InChI=1S/C72H44F6N4/c73-49-25-37-71(65(77)41-49)81-67-15-7-3-11-59(67)61-43-55(35-39-69(61)81)79(53-31-21-47(22-32-53)57-9-1-5-13-63(57)75)51-27-17-45(18-28-51)46-19-29-52(30-20-46)80(54-33-23-48(24-34-54)58-10-2-6-14-64(58)76)56-36-40-70-62(44-56)60-12-4-8-16-68(60)82(70)72-38-26-50(74)42-66(72)78/h1-44H. The van der Waals surface area contributed by atoms with Crippen molar-refractivity contribution in [3.05, 3.63) is 302 Å². The maximum Gasteiger partial charge on any atom is 0.150 e. The largest absolute Gasteiger partial charge is 0.310 e. The van der Waals surface area contributed by atoms with Crippen LogP contribution in [0.25, 0.3) is 88.4 Å². The molecule has 0 amide bonds. The fraction of sp³-hybridized carbons (Fsp3) is 0. The van der Waals surface area contributed by atoms with Crippen LogP contribution in [0.2, 0.25) is 0 Å². The van der Waals surface area contributed by atoms with E-state index in [1.807, 2.05) is 143 Å². The molecule has 82 heavy (non-hydrogen) atoms. The lowest BCUT2D eigenvalue weighted by Gasteiger charge is -2.27. The van der Waals surface area contributed by atoms with Crippen LogP contribution in [0.15, 0.2) is 267 Å². The van der Waals surface area contributed by atoms with E-state index in [1.165, 1.54) is 36.4 Å². The van der Waals surface area contributed by atoms with Crippen LogP contribution >= 0.6 is 0 Å². The van der Waals surface area contributed by atoms with E-state index in [1.54, 1.807) is 24.3 Å². The summed E-state index contributed by atoms with van der Waals surface area (Å²) in [7, 11) is 0. The van der Waals surface area contributed by atoms with Crippen molar-refractivity contribution in [1.82, 2.24) is 9.13 Å². The number of rotatable bonds is 11. The molecule has 4 nitrogen and oxygen atoms in total. The molecule has 0 saturated heterocycles. The molecular weight excluding hydrogens is 1030 g/mol. The Morgan fingerprint density at radius 1 is 0.232 bits per heavy atom. The highest BCUT2D eigenvalue weighted by Gasteiger charge is 2.22. The van der Waals surface area contributed by atoms with Crippen LogP contribution in [-0.2, 0) is 0 Å². The number of fused-ring (bicyclic) bond motifs is 6. The van der Waals surface area contributed by atoms with Crippen molar-refractivity contribution >= 4 is 77.7 Å². The summed E-state index contributed by atoms with van der Waals surface area (Å²) in [6.45, 7) is 0. The van der Waals surface area contributed by atoms with Gasteiger partial charge >= 0.3 is 0 Å². The van der Waals surface area contributed by atoms with Crippen molar-refractivity contribution in [2.24, 2.45) is 0 Å². The Morgan fingerprint density at radius 3 is 0.915 bits per heavy atom. The Balaban J connectivity index is 0.851. The molecule has 2 heterocycles. The number of para-hydroxylation sites is 2. The van der Waals surface area contributed by atoms with Gasteiger partial charge in [-0.1, -0.05) is 121 Å². The van der Waals surface area contributed by atoms with Crippen molar-refractivity contribution in [3.63, 3.8) is 0 Å². The van der Waals surface area contributed by atoms with E-state index in [-0.39, 0.29) is 23.0 Å². The second kappa shape index (κ2) is 20.3. The number of halogens is 6. The van der Waals surface area contributed by atoms with E-state index >= 15 is 17.6 Å². The maximum absolute atomic E-state index is 15.6. The third kappa shape index (κ3) is 8.69. The summed E-state index contributed by atoms with van der Waals surface area (Å²) in [5, 5.41) is 3.51. The van der Waals surface area contributed by atoms with E-state index in [9.17, 15) is 8.78 Å². The molecule has 0 aliphatic heterocycles. The Labute approximate surface area is 467 Å². The summed E-state index contributed by atoms with van der Waals surface area (Å²) in [5.41, 5.74) is 12.8. The van der Waals surface area contributed by atoms with Crippen LogP contribution in [0.1, 0.15) is 0 Å². The SMILES string of the molecule is Fc1ccc(-n2c3ccccc3c3cc(N(c4ccc(-c5ccc(N(c6ccc(-c7ccccc7F)cc6)c6ccc7c(c6)c6ccccc6n7-c6ccc(F)cc6F)cc5)cc4)c4ccc(-c5ccccc5F)cc4)ccc32)c(F)c1. The number of nitrogens with zero attached hydrogens (tertiary/aromatic N) is 4. The highest BCUT2D eigenvalue weighted by Crippen LogP contribution is 2.44. The molecule has 0 saturated carbocycles. The molecular formula is C72H44F6N4. The molecule has 394 valence electrons. The molecule has 0 fully saturated rings. The average molecular weight is 1080 g/mol. The number of hydrogen-bond acceptors (Lipinski definition) is 2. The fourth-order valence-corrected chi connectivity index (χ4v) is 11.5. The molecule has 12 aromatic carbocycles. The second-order valence-corrected chi connectivity index (χ2v) is 20.1. The summed E-state index contributed by atoms with van der Waals surface area (Å²) < 4.78 is 93.3. The van der Waals surface area contributed by atoms with E-state index < -0.39 is 23.3 Å². The summed E-state index contributed by atoms with van der Waals surface area (Å²) in [4.78, 5) is 4.25. The van der Waals surface area contributed by atoms with Gasteiger partial charge in [-0.2, -0.15) is 0 Å². The minimum absolute atomic E-state index is 0.233. The third-order valence-corrected chi connectivity index (χ3v) is 15.3. The van der Waals surface area contributed by atoms with Crippen molar-refractivity contribution in [2.45, 2.75) is 0 Å². The smallest absolute Gasteiger partial charge is 0.150 e. The predicted octanol–water partition coefficient (Wildman–Crippen LogP) is 20.7. The molecule has 10 heteroatoms. The van der Waals surface area contributed by atoms with E-state index in [2.05, 4.69) is 70.5 Å². The zero-order chi connectivity index (χ0) is 55.6. The Hall–Kier alpha value is -10.6. The van der Waals surface area contributed by atoms with Crippen molar-refractivity contribution < 1.29 is 26.3 Å². The zero-order valence-electron chi connectivity index (χ0n) is 43.5. The van der Waals surface area contributed by atoms with Gasteiger partial charge in [-0.25, -0.2) is 26.3 Å². The van der Waals surface area contributed by atoms with Crippen LogP contribution in [0, 0.1) is 34.9 Å². The lowest BCUT2D eigenvalue weighted by atomic mass is 10.0. The van der Waals surface area contributed by atoms with E-state index in [0.29, 0.717) is 11.1 Å². The molecule has 0 aliphatic carbocycles. The lowest BCUT2D eigenvalue weighted by molar-refractivity contribution is 0.578. The topological polar surface area (TPSA) is 16.3 Å². The first-order valence-corrected chi connectivity index (χ1v) is 26.6. The molecule has 14 aromatic rings. The lowest BCUT2D eigenvalue weighted by Crippen LogP contribution is -2.10. The zero-order valence-corrected chi connectivity index (χ0v) is 43.5. The minimum atomic E-state index is -0.676. The Bertz CT molecular complexity index is 4460. The second-order valence-electron chi connectivity index (χ2n) is 20.1. The first-order valence-electron chi connectivity index (χ1n) is 26.6. The first kappa shape index (κ1) is 49.7. The Kier molecular flexibility index (Phi) is 12.3. The van der Waals surface area contributed by atoms with Gasteiger partial charge in [-0.3, -0.25) is 0 Å². The molecule has 2 aromatic heterocycles. The molecule has 0 unspecified atom stereocenters. The molecule has 0 radical (unpaired) electrons. The summed E-state index contributed by atoms with van der Waals surface area (Å²) in [6.07, 6.45) is 0. The highest BCUT2D eigenvalue weighted by molar-refractivity contribution is 6.12. The normalized spacial score (nSPS) is 11.5. The van der Waals surface area contributed by atoms with Crippen LogP contribution < -0.4 is 9.80 Å². The third-order valence-electron chi connectivity index (χ3n) is 15.3. The van der Waals surface area contributed by atoms with Gasteiger partial charge in [0.2, 0.25) is 0 Å². The van der Waals surface area contributed by atoms with Gasteiger partial charge in [0, 0.05) is 78.9 Å².